The minimum absolute atomic E-state index is 0.129. The zero-order valence-corrected chi connectivity index (χ0v) is 9.74. The number of furan rings is 1. The maximum atomic E-state index is 13.5. The predicted molar refractivity (Wildman–Crippen MR) is 64.1 cm³/mol. The van der Waals surface area contributed by atoms with Crippen molar-refractivity contribution in [1.29, 1.82) is 0 Å². The smallest absolute Gasteiger partial charge is 0.371 e. The highest BCUT2D eigenvalue weighted by Crippen LogP contribution is 2.17. The molecule has 0 bridgehead atoms. The molecule has 2 rings (SSSR count). The molecule has 2 N–H and O–H groups in total. The first-order chi connectivity index (χ1) is 8.56. The summed E-state index contributed by atoms with van der Waals surface area (Å²) in [5.74, 6) is -1.16. The SMILES string of the molecule is Cc1ccc(NCc2ccc(C(=O)O)o2)c(F)c1. The van der Waals surface area contributed by atoms with Gasteiger partial charge in [0.15, 0.2) is 0 Å². The fourth-order valence-electron chi connectivity index (χ4n) is 1.53. The Morgan fingerprint density at radius 3 is 2.78 bits per heavy atom. The first kappa shape index (κ1) is 12.2. The third-order valence-corrected chi connectivity index (χ3v) is 2.45. The number of nitrogens with one attached hydrogen (secondary N) is 1. The van der Waals surface area contributed by atoms with Gasteiger partial charge in [-0.3, -0.25) is 0 Å². The largest absolute Gasteiger partial charge is 0.475 e. The molecule has 0 saturated carbocycles. The number of carboxylic acid groups (broad SMARTS) is 1. The second-order valence-electron chi connectivity index (χ2n) is 3.91. The molecule has 0 amide bonds. The molecule has 1 heterocycles. The molecule has 1 aromatic carbocycles. The molecular weight excluding hydrogens is 237 g/mol. The molecular formula is C13H12FNO3. The van der Waals surface area contributed by atoms with Gasteiger partial charge < -0.3 is 14.8 Å². The van der Waals surface area contributed by atoms with Crippen molar-refractivity contribution in [2.24, 2.45) is 0 Å². The van der Waals surface area contributed by atoms with E-state index < -0.39 is 5.97 Å². The van der Waals surface area contributed by atoms with Crippen LogP contribution in [0.25, 0.3) is 0 Å². The summed E-state index contributed by atoms with van der Waals surface area (Å²) in [4.78, 5) is 10.6. The highest BCUT2D eigenvalue weighted by Gasteiger charge is 2.09. The number of carbonyl (C=O) groups is 1. The molecule has 0 aliphatic rings. The summed E-state index contributed by atoms with van der Waals surface area (Å²) in [6, 6.07) is 7.75. The van der Waals surface area contributed by atoms with Crippen LogP contribution in [0.4, 0.5) is 10.1 Å². The average molecular weight is 249 g/mol. The predicted octanol–water partition coefficient (Wildman–Crippen LogP) is 3.04. The average Bonchev–Trinajstić information content (AvgIpc) is 2.76. The van der Waals surface area contributed by atoms with Crippen LogP contribution in [0.15, 0.2) is 34.7 Å². The van der Waals surface area contributed by atoms with E-state index in [9.17, 15) is 9.18 Å². The topological polar surface area (TPSA) is 62.5 Å². The highest BCUT2D eigenvalue weighted by atomic mass is 19.1. The molecule has 0 radical (unpaired) electrons. The Labute approximate surface area is 103 Å². The van der Waals surface area contributed by atoms with Gasteiger partial charge in [-0.05, 0) is 36.8 Å². The molecule has 0 saturated heterocycles. The zero-order valence-electron chi connectivity index (χ0n) is 9.74. The fraction of sp³-hybridized carbons (Fsp3) is 0.154. The van der Waals surface area contributed by atoms with E-state index in [2.05, 4.69) is 5.32 Å². The first-order valence-electron chi connectivity index (χ1n) is 5.38. The van der Waals surface area contributed by atoms with Gasteiger partial charge >= 0.3 is 5.97 Å². The van der Waals surface area contributed by atoms with Crippen molar-refractivity contribution in [1.82, 2.24) is 0 Å². The van der Waals surface area contributed by atoms with Gasteiger partial charge in [0.05, 0.1) is 12.2 Å². The van der Waals surface area contributed by atoms with Crippen LogP contribution in [0.2, 0.25) is 0 Å². The number of hydrogen-bond acceptors (Lipinski definition) is 3. The lowest BCUT2D eigenvalue weighted by Gasteiger charge is -2.06. The molecule has 0 aliphatic heterocycles. The number of rotatable bonds is 4. The Balaban J connectivity index is 2.04. The normalized spacial score (nSPS) is 10.3. The maximum absolute atomic E-state index is 13.5. The molecule has 0 fully saturated rings. The van der Waals surface area contributed by atoms with Crippen molar-refractivity contribution in [3.05, 3.63) is 53.2 Å². The molecule has 1 aromatic heterocycles. The number of halogens is 1. The van der Waals surface area contributed by atoms with Crippen LogP contribution < -0.4 is 5.32 Å². The van der Waals surface area contributed by atoms with E-state index in [4.69, 9.17) is 9.52 Å². The number of aryl methyl sites for hydroxylation is 1. The van der Waals surface area contributed by atoms with E-state index in [1.165, 1.54) is 12.1 Å². The van der Waals surface area contributed by atoms with Gasteiger partial charge in [-0.2, -0.15) is 0 Å². The zero-order chi connectivity index (χ0) is 13.1. The monoisotopic (exact) mass is 249 g/mol. The van der Waals surface area contributed by atoms with Crippen LogP contribution in [0.5, 0.6) is 0 Å². The summed E-state index contributed by atoms with van der Waals surface area (Å²) in [6.45, 7) is 2.03. The molecule has 0 unspecified atom stereocenters. The standard InChI is InChI=1S/C13H12FNO3/c1-8-2-4-11(10(14)6-8)15-7-9-3-5-12(18-9)13(16)17/h2-6,15H,7H2,1H3,(H,16,17). The number of carboxylic acids is 1. The summed E-state index contributed by atoms with van der Waals surface area (Å²) in [5.41, 5.74) is 1.19. The fourth-order valence-corrected chi connectivity index (χ4v) is 1.53. The Kier molecular flexibility index (Phi) is 3.32. The lowest BCUT2D eigenvalue weighted by molar-refractivity contribution is 0.0660. The van der Waals surface area contributed by atoms with Crippen LogP contribution >= 0.6 is 0 Å². The third kappa shape index (κ3) is 2.68. The van der Waals surface area contributed by atoms with Gasteiger partial charge in [-0.15, -0.1) is 0 Å². The summed E-state index contributed by atoms with van der Waals surface area (Å²) in [7, 11) is 0. The van der Waals surface area contributed by atoms with Gasteiger partial charge in [0.1, 0.15) is 11.6 Å². The third-order valence-electron chi connectivity index (χ3n) is 2.45. The first-order valence-corrected chi connectivity index (χ1v) is 5.38. The minimum atomic E-state index is -1.12. The van der Waals surface area contributed by atoms with Crippen LogP contribution in [0, 0.1) is 12.7 Å². The molecule has 0 aliphatic carbocycles. The van der Waals surface area contributed by atoms with Gasteiger partial charge in [0, 0.05) is 0 Å². The number of aromatic carboxylic acids is 1. The van der Waals surface area contributed by atoms with Crippen molar-refractivity contribution in [2.75, 3.05) is 5.32 Å². The molecule has 2 aromatic rings. The number of benzene rings is 1. The Bertz CT molecular complexity index is 577. The highest BCUT2D eigenvalue weighted by molar-refractivity contribution is 5.84. The molecule has 0 spiro atoms. The Morgan fingerprint density at radius 2 is 2.17 bits per heavy atom. The van der Waals surface area contributed by atoms with E-state index in [1.807, 2.05) is 0 Å². The van der Waals surface area contributed by atoms with Gasteiger partial charge in [0.25, 0.3) is 0 Å². The van der Waals surface area contributed by atoms with Crippen molar-refractivity contribution in [3.8, 4) is 0 Å². The molecule has 4 nitrogen and oxygen atoms in total. The van der Waals surface area contributed by atoms with Crippen molar-refractivity contribution in [3.63, 3.8) is 0 Å². The molecule has 94 valence electrons. The summed E-state index contributed by atoms with van der Waals surface area (Å²) < 4.78 is 18.5. The lowest BCUT2D eigenvalue weighted by Crippen LogP contribution is -2.01. The van der Waals surface area contributed by atoms with E-state index >= 15 is 0 Å². The number of anilines is 1. The summed E-state index contributed by atoms with van der Waals surface area (Å²) in [6.07, 6.45) is 0. The van der Waals surface area contributed by atoms with E-state index in [1.54, 1.807) is 25.1 Å². The van der Waals surface area contributed by atoms with Crippen molar-refractivity contribution < 1.29 is 18.7 Å². The summed E-state index contributed by atoms with van der Waals surface area (Å²) in [5, 5.41) is 11.5. The second-order valence-corrected chi connectivity index (χ2v) is 3.91. The van der Waals surface area contributed by atoms with E-state index in [0.29, 0.717) is 11.4 Å². The van der Waals surface area contributed by atoms with Gasteiger partial charge in [-0.1, -0.05) is 6.07 Å². The van der Waals surface area contributed by atoms with Crippen LogP contribution in [-0.4, -0.2) is 11.1 Å². The van der Waals surface area contributed by atoms with Crippen LogP contribution in [0.3, 0.4) is 0 Å². The Hall–Kier alpha value is -2.30. The molecule has 18 heavy (non-hydrogen) atoms. The quantitative estimate of drug-likeness (QED) is 0.874. The second kappa shape index (κ2) is 4.91. The van der Waals surface area contributed by atoms with E-state index in [-0.39, 0.29) is 18.1 Å². The van der Waals surface area contributed by atoms with Crippen molar-refractivity contribution in [2.45, 2.75) is 13.5 Å². The van der Waals surface area contributed by atoms with Gasteiger partial charge in [-0.25, -0.2) is 9.18 Å². The lowest BCUT2D eigenvalue weighted by atomic mass is 10.2. The van der Waals surface area contributed by atoms with Crippen LogP contribution in [-0.2, 0) is 6.54 Å². The minimum Gasteiger partial charge on any atom is -0.475 e. The van der Waals surface area contributed by atoms with Gasteiger partial charge in [0.2, 0.25) is 5.76 Å². The molecule has 5 heteroatoms. The van der Waals surface area contributed by atoms with E-state index in [0.717, 1.165) is 5.56 Å². The number of hydrogen-bond donors (Lipinski definition) is 2. The summed E-state index contributed by atoms with van der Waals surface area (Å²) >= 11 is 0. The maximum Gasteiger partial charge on any atom is 0.371 e. The molecule has 0 atom stereocenters. The van der Waals surface area contributed by atoms with Crippen LogP contribution in [0.1, 0.15) is 21.9 Å². The Morgan fingerprint density at radius 1 is 1.39 bits per heavy atom. The van der Waals surface area contributed by atoms with Crippen molar-refractivity contribution >= 4 is 11.7 Å².